The Balaban J connectivity index is 1.44. The number of thiocarbonyl (C=S) groups is 1. The first kappa shape index (κ1) is 27.8. The zero-order valence-electron chi connectivity index (χ0n) is 22.0. The highest BCUT2D eigenvalue weighted by Crippen LogP contribution is 2.72. The maximum Gasteiger partial charge on any atom is 0.350 e. The van der Waals surface area contributed by atoms with Gasteiger partial charge in [-0.05, 0) is 74.1 Å². The summed E-state index contributed by atoms with van der Waals surface area (Å²) in [4.78, 5) is 32.6. The molecule has 0 aromatic heterocycles. The largest absolute Gasteiger partial charge is 0.472 e. The lowest BCUT2D eigenvalue weighted by molar-refractivity contribution is -0.227. The summed E-state index contributed by atoms with van der Waals surface area (Å²) in [5.74, 6) is -2.87. The Hall–Kier alpha value is -2.40. The zero-order chi connectivity index (χ0) is 28.8. The molecule has 1 aliphatic heterocycles. The Bertz CT molecular complexity index is 1360. The highest BCUT2D eigenvalue weighted by atomic mass is 35.5. The molecule has 1 saturated heterocycles. The summed E-state index contributed by atoms with van der Waals surface area (Å²) in [6.45, 7) is 3.03. The van der Waals surface area contributed by atoms with Crippen LogP contribution in [0.2, 0.25) is 5.02 Å². The van der Waals surface area contributed by atoms with Gasteiger partial charge >= 0.3 is 5.24 Å². The molecular formula is C29H30ClF2NO6S. The molecule has 1 aromatic carbocycles. The molecule has 6 rings (SSSR count). The van der Waals surface area contributed by atoms with E-state index in [4.69, 9.17) is 21.2 Å². The number of carbonyl (C=O) groups is 2. The number of hydroxylamine groups is 1. The second-order valence-corrected chi connectivity index (χ2v) is 12.9. The van der Waals surface area contributed by atoms with Gasteiger partial charge < -0.3 is 14.9 Å². The average Bonchev–Trinajstić information content (AvgIpc) is 3.39. The molecule has 0 radical (unpaired) electrons. The van der Waals surface area contributed by atoms with Gasteiger partial charge in [-0.15, -0.1) is 0 Å². The number of anilines is 1. The first-order chi connectivity index (χ1) is 18.8. The van der Waals surface area contributed by atoms with Crippen LogP contribution in [0.3, 0.4) is 0 Å². The van der Waals surface area contributed by atoms with Crippen molar-refractivity contribution in [1.82, 2.24) is 0 Å². The van der Waals surface area contributed by atoms with Gasteiger partial charge in [-0.25, -0.2) is 8.78 Å². The molecule has 0 amide bonds. The van der Waals surface area contributed by atoms with E-state index >= 15 is 8.78 Å². The lowest BCUT2D eigenvalue weighted by Crippen LogP contribution is -2.70. The first-order valence-corrected chi connectivity index (χ1v) is 14.1. The number of hydrogen-bond acceptors (Lipinski definition) is 7. The van der Waals surface area contributed by atoms with Crippen LogP contribution in [0.15, 0.2) is 48.1 Å². The number of aliphatic hydroxyl groups excluding tert-OH is 2. The number of aliphatic hydroxyl groups is 2. The summed E-state index contributed by atoms with van der Waals surface area (Å²) in [5, 5.41) is 22.5. The van der Waals surface area contributed by atoms with E-state index in [1.807, 2.05) is 0 Å². The highest BCUT2D eigenvalue weighted by molar-refractivity contribution is 7.79. The number of ketones is 2. The van der Waals surface area contributed by atoms with Crippen LogP contribution in [0.5, 0.6) is 0 Å². The fourth-order valence-corrected chi connectivity index (χ4v) is 8.93. The van der Waals surface area contributed by atoms with E-state index in [1.54, 1.807) is 36.3 Å². The fourth-order valence-electron chi connectivity index (χ4n) is 8.74. The molecule has 1 aromatic rings. The van der Waals surface area contributed by atoms with E-state index in [1.165, 1.54) is 19.1 Å². The average molecular weight is 594 g/mol. The molecule has 1 heterocycles. The van der Waals surface area contributed by atoms with Gasteiger partial charge in [-0.3, -0.25) is 19.5 Å². The van der Waals surface area contributed by atoms with E-state index in [9.17, 15) is 19.8 Å². The summed E-state index contributed by atoms with van der Waals surface area (Å²) in [6.07, 6.45) is 0.559. The summed E-state index contributed by atoms with van der Waals surface area (Å²) >= 11 is 10.7. The third-order valence-electron chi connectivity index (χ3n) is 10.5. The van der Waals surface area contributed by atoms with E-state index in [0.717, 1.165) is 6.08 Å². The monoisotopic (exact) mass is 593 g/mol. The van der Waals surface area contributed by atoms with Crippen LogP contribution in [-0.4, -0.2) is 63.7 Å². The van der Waals surface area contributed by atoms with Crippen LogP contribution in [0, 0.1) is 28.6 Å². The number of alkyl halides is 2. The summed E-state index contributed by atoms with van der Waals surface area (Å²) in [5.41, 5.74) is -5.79. The smallest absolute Gasteiger partial charge is 0.350 e. The lowest BCUT2D eigenvalue weighted by atomic mass is 9.44. The number of nitrogens with zero attached hydrogens (tertiary/aromatic N) is 1. The quantitative estimate of drug-likeness (QED) is 0.481. The number of ether oxygens (including phenoxy) is 1. The van der Waals surface area contributed by atoms with Crippen molar-refractivity contribution in [3.8, 4) is 0 Å². The fraction of sp³-hybridized carbons (Fsp3) is 0.552. The van der Waals surface area contributed by atoms with Gasteiger partial charge in [-0.2, -0.15) is 0 Å². The number of benzene rings is 1. The van der Waals surface area contributed by atoms with E-state index in [-0.39, 0.29) is 25.0 Å². The van der Waals surface area contributed by atoms with Crippen molar-refractivity contribution >= 4 is 46.3 Å². The number of carbonyl (C=O) groups excluding carboxylic acids is 2. The van der Waals surface area contributed by atoms with Gasteiger partial charge in [0.05, 0.1) is 18.3 Å². The molecule has 2 N–H and O–H groups in total. The SMILES string of the molecule is C[C@]12C=CC(=O)C=C1[C@@H](F)C[C@H]1[C@@H]3C[C@H]4CN(c5ccc(Cl)cc5)O[C@@]4(C(=O)COC(O)=S)[C@@]3(C)C[C@H](O)[C@@]12F. The van der Waals surface area contributed by atoms with Gasteiger partial charge in [0.15, 0.2) is 23.7 Å². The van der Waals surface area contributed by atoms with Crippen LogP contribution >= 0.6 is 23.8 Å². The van der Waals surface area contributed by atoms with E-state index < -0.39 is 75.5 Å². The van der Waals surface area contributed by atoms with Crippen LogP contribution in [0.4, 0.5) is 14.5 Å². The van der Waals surface area contributed by atoms with Gasteiger partial charge in [0.25, 0.3) is 0 Å². The molecule has 0 spiro atoms. The predicted octanol–water partition coefficient (Wildman–Crippen LogP) is 4.80. The highest BCUT2D eigenvalue weighted by Gasteiger charge is 2.79. The normalized spacial score (nSPS) is 43.4. The minimum atomic E-state index is -2.27. The Labute approximate surface area is 240 Å². The van der Waals surface area contributed by atoms with Gasteiger partial charge in [-0.1, -0.05) is 24.6 Å². The standard InChI is InChI=1S/C29H30ClF2NO6S/c1-26-8-7-18(34)10-21(26)22(31)11-20-19-9-15-13-33(17-5-3-16(30)4-6-17)39-29(15,24(36)14-38-25(37)40)27(19,2)12-23(35)28(20,26)32/h3-8,10,15,19-20,22-23,35H,9,11-14H2,1-2H3,(H,37,40)/t15-,19-,20-,22-,23-,26-,27-,28-,29-/m0/s1. The molecule has 4 fully saturated rings. The summed E-state index contributed by atoms with van der Waals surface area (Å²) in [7, 11) is 0. The Morgan fingerprint density at radius 3 is 2.62 bits per heavy atom. The molecule has 0 bridgehead atoms. The minimum Gasteiger partial charge on any atom is -0.472 e. The number of rotatable bonds is 4. The molecule has 11 heteroatoms. The molecule has 40 heavy (non-hydrogen) atoms. The third kappa shape index (κ3) is 3.48. The van der Waals surface area contributed by atoms with Crippen molar-refractivity contribution in [2.75, 3.05) is 18.2 Å². The van der Waals surface area contributed by atoms with Gasteiger partial charge in [0, 0.05) is 39.9 Å². The summed E-state index contributed by atoms with van der Waals surface area (Å²) < 4.78 is 38.4. The maximum atomic E-state index is 17.5. The molecule has 9 atom stereocenters. The van der Waals surface area contributed by atoms with Crippen LogP contribution in [0.25, 0.3) is 0 Å². The topological polar surface area (TPSA) is 96.3 Å². The second-order valence-electron chi connectivity index (χ2n) is 12.1. The number of hydrogen-bond donors (Lipinski definition) is 2. The zero-order valence-corrected chi connectivity index (χ0v) is 23.6. The minimum absolute atomic E-state index is 0.0420. The lowest BCUT2D eigenvalue weighted by Gasteiger charge is -2.63. The van der Waals surface area contributed by atoms with Crippen LogP contribution < -0.4 is 5.06 Å². The molecule has 0 unspecified atom stereocenters. The van der Waals surface area contributed by atoms with Gasteiger partial charge in [0.1, 0.15) is 6.17 Å². The number of halogens is 3. The van der Waals surface area contributed by atoms with Crippen molar-refractivity contribution < 1.29 is 38.2 Å². The Morgan fingerprint density at radius 2 is 1.95 bits per heavy atom. The first-order valence-electron chi connectivity index (χ1n) is 13.4. The molecular weight excluding hydrogens is 564 g/mol. The van der Waals surface area contributed by atoms with E-state index in [0.29, 0.717) is 17.1 Å². The van der Waals surface area contributed by atoms with Crippen molar-refractivity contribution in [3.05, 3.63) is 53.1 Å². The van der Waals surface area contributed by atoms with Crippen LogP contribution in [-0.2, 0) is 19.2 Å². The number of fused-ring (bicyclic) bond motifs is 7. The predicted molar refractivity (Wildman–Crippen MR) is 146 cm³/mol. The Morgan fingerprint density at radius 1 is 1.25 bits per heavy atom. The number of Topliss-reactive ketones (excluding diaryl/α,β-unsaturated/α-hetero) is 1. The van der Waals surface area contributed by atoms with Crippen LogP contribution in [0.1, 0.15) is 33.1 Å². The maximum absolute atomic E-state index is 17.5. The van der Waals surface area contributed by atoms with Gasteiger partial charge in [0.2, 0.25) is 5.78 Å². The molecule has 214 valence electrons. The third-order valence-corrected chi connectivity index (χ3v) is 10.8. The van der Waals surface area contributed by atoms with Crippen molar-refractivity contribution in [2.24, 2.45) is 28.6 Å². The number of allylic oxidation sites excluding steroid dienone is 4. The molecule has 4 aliphatic carbocycles. The summed E-state index contributed by atoms with van der Waals surface area (Å²) in [6, 6.07) is 6.90. The van der Waals surface area contributed by atoms with Crippen molar-refractivity contribution in [1.29, 1.82) is 0 Å². The van der Waals surface area contributed by atoms with Crippen molar-refractivity contribution in [3.63, 3.8) is 0 Å². The molecule has 5 aliphatic rings. The second kappa shape index (κ2) is 9.05. The van der Waals surface area contributed by atoms with E-state index in [2.05, 4.69) is 12.2 Å². The molecule has 7 nitrogen and oxygen atoms in total. The van der Waals surface area contributed by atoms with Crippen molar-refractivity contribution in [2.45, 2.75) is 56.7 Å². The molecule has 3 saturated carbocycles. The Kier molecular flexibility index (Phi) is 6.28.